The normalized spacial score (nSPS) is 11.7. The molecule has 0 fully saturated rings. The van der Waals surface area contributed by atoms with Crippen LogP contribution in [0.5, 0.6) is 0 Å². The Balaban J connectivity index is 1.38. The Morgan fingerprint density at radius 2 is 1.26 bits per heavy atom. The van der Waals surface area contributed by atoms with E-state index in [4.69, 9.17) is 6.57 Å². The average Bonchev–Trinajstić information content (AvgIpc) is 3.71. The molecule has 0 radical (unpaired) electrons. The van der Waals surface area contributed by atoms with Crippen molar-refractivity contribution in [3.05, 3.63) is 138 Å². The summed E-state index contributed by atoms with van der Waals surface area (Å²) < 4.78 is 7.12. The number of rotatable bonds is 2. The van der Waals surface area contributed by atoms with Crippen LogP contribution in [0.4, 0.5) is 5.69 Å². The highest BCUT2D eigenvalue weighted by molar-refractivity contribution is 7.26. The van der Waals surface area contributed by atoms with Crippen LogP contribution in [0.3, 0.4) is 0 Å². The molecule has 0 spiro atoms. The summed E-state index contributed by atoms with van der Waals surface area (Å²) in [5.41, 5.74) is 7.73. The predicted molar refractivity (Wildman–Crippen MR) is 179 cm³/mol. The second-order valence-corrected chi connectivity index (χ2v) is 11.9. The number of para-hydroxylation sites is 1. The zero-order valence-corrected chi connectivity index (χ0v) is 23.6. The number of hydrogen-bond acceptors (Lipinski definition) is 2. The van der Waals surface area contributed by atoms with Crippen molar-refractivity contribution in [1.29, 1.82) is 5.26 Å². The Morgan fingerprint density at radius 3 is 2.09 bits per heavy atom. The molecule has 3 heterocycles. The van der Waals surface area contributed by atoms with Gasteiger partial charge in [0.1, 0.15) is 0 Å². The molecule has 0 saturated heterocycles. The zero-order valence-electron chi connectivity index (χ0n) is 22.7. The molecule has 9 aromatic rings. The van der Waals surface area contributed by atoms with E-state index in [1.54, 1.807) is 0 Å². The molecule has 6 aromatic carbocycles. The van der Waals surface area contributed by atoms with Gasteiger partial charge in [-0.3, -0.25) is 0 Å². The maximum absolute atomic E-state index is 9.58. The minimum Gasteiger partial charge on any atom is -0.309 e. The first-order valence-electron chi connectivity index (χ1n) is 14.0. The molecule has 0 aliphatic rings. The van der Waals surface area contributed by atoms with Gasteiger partial charge in [0.15, 0.2) is 5.69 Å². The number of thiophene rings is 1. The van der Waals surface area contributed by atoms with E-state index in [1.807, 2.05) is 47.7 Å². The van der Waals surface area contributed by atoms with Crippen molar-refractivity contribution in [3.8, 4) is 17.4 Å². The van der Waals surface area contributed by atoms with Crippen LogP contribution in [0.25, 0.3) is 80.0 Å². The van der Waals surface area contributed by atoms with Crippen LogP contribution in [0, 0.1) is 17.9 Å². The van der Waals surface area contributed by atoms with Crippen molar-refractivity contribution < 1.29 is 0 Å². The molecule has 0 saturated carbocycles. The van der Waals surface area contributed by atoms with Crippen LogP contribution in [0.2, 0.25) is 0 Å². The molecule has 0 aliphatic heterocycles. The summed E-state index contributed by atoms with van der Waals surface area (Å²) in [6.07, 6.45) is 0. The van der Waals surface area contributed by atoms with Gasteiger partial charge < -0.3 is 9.13 Å². The summed E-state index contributed by atoms with van der Waals surface area (Å²) in [4.78, 5) is 3.78. The van der Waals surface area contributed by atoms with Crippen LogP contribution in [0.1, 0.15) is 5.56 Å². The van der Waals surface area contributed by atoms with E-state index in [1.165, 1.54) is 25.6 Å². The Kier molecular flexibility index (Phi) is 4.87. The Morgan fingerprint density at radius 1 is 0.558 bits per heavy atom. The molecule has 4 nitrogen and oxygen atoms in total. The monoisotopic (exact) mass is 564 g/mol. The van der Waals surface area contributed by atoms with Crippen molar-refractivity contribution in [2.24, 2.45) is 0 Å². The van der Waals surface area contributed by atoms with E-state index in [2.05, 4.69) is 105 Å². The lowest BCUT2D eigenvalue weighted by molar-refractivity contribution is 1.13. The molecule has 0 amide bonds. The predicted octanol–water partition coefficient (Wildman–Crippen LogP) is 10.7. The molecule has 0 N–H and O–H groups in total. The molecule has 5 heteroatoms. The minimum atomic E-state index is 0.638. The molecule has 0 atom stereocenters. The first kappa shape index (κ1) is 23.8. The topological polar surface area (TPSA) is 38.0 Å². The molecule has 0 bridgehead atoms. The Bertz CT molecular complexity index is 2710. The van der Waals surface area contributed by atoms with Gasteiger partial charge in [-0.1, -0.05) is 48.5 Å². The third kappa shape index (κ3) is 3.29. The highest BCUT2D eigenvalue weighted by Crippen LogP contribution is 2.44. The van der Waals surface area contributed by atoms with Crippen LogP contribution >= 0.6 is 11.3 Å². The third-order valence-corrected chi connectivity index (χ3v) is 9.67. The lowest BCUT2D eigenvalue weighted by Gasteiger charge is -2.13. The molecule has 3 aromatic heterocycles. The number of nitriles is 1. The molecular weight excluding hydrogens is 545 g/mol. The summed E-state index contributed by atoms with van der Waals surface area (Å²) in [5.74, 6) is 0. The second kappa shape index (κ2) is 8.81. The number of aromatic nitrogens is 2. The van der Waals surface area contributed by atoms with Crippen molar-refractivity contribution in [1.82, 2.24) is 9.13 Å². The SMILES string of the molecule is [C-]#[N+]c1ccc2c(c1)c1c3c(ccc1n2-c1cccc(-n2c4ccccc4c4cc(C#N)ccc42)c1)sc1ccccc13. The molecule has 198 valence electrons. The van der Waals surface area contributed by atoms with Crippen LogP contribution in [-0.2, 0) is 0 Å². The number of hydrogen-bond donors (Lipinski definition) is 0. The largest absolute Gasteiger partial charge is 0.309 e. The van der Waals surface area contributed by atoms with Gasteiger partial charge in [0.25, 0.3) is 0 Å². The summed E-state index contributed by atoms with van der Waals surface area (Å²) in [6, 6.07) is 44.3. The highest BCUT2D eigenvalue weighted by Gasteiger charge is 2.19. The molecule has 0 unspecified atom stereocenters. The maximum atomic E-state index is 9.58. The van der Waals surface area contributed by atoms with Crippen molar-refractivity contribution >= 4 is 80.8 Å². The number of fused-ring (bicyclic) bond motifs is 10. The standard InChI is InChI=1S/C38H20N4S/c1-40-24-14-16-33-30(20-24)37-34(17-18-36-38(37)28-10-3-5-12-35(28)43-36)42(33)26-8-6-7-25(21-26)41-31-11-4-2-9-27(31)29-19-23(22-39)13-15-32(29)41/h2-21H. The smallest absolute Gasteiger partial charge is 0.188 e. The summed E-state index contributed by atoms with van der Waals surface area (Å²) in [7, 11) is 0. The summed E-state index contributed by atoms with van der Waals surface area (Å²) >= 11 is 1.81. The van der Waals surface area contributed by atoms with Crippen LogP contribution in [0.15, 0.2) is 121 Å². The van der Waals surface area contributed by atoms with Crippen molar-refractivity contribution in [2.45, 2.75) is 0 Å². The van der Waals surface area contributed by atoms with E-state index in [-0.39, 0.29) is 0 Å². The van der Waals surface area contributed by atoms with Crippen LogP contribution < -0.4 is 0 Å². The van der Waals surface area contributed by atoms with E-state index < -0.39 is 0 Å². The number of nitrogens with zero attached hydrogens (tertiary/aromatic N) is 4. The molecule has 9 rings (SSSR count). The first-order chi connectivity index (χ1) is 21.2. The molecule has 0 aliphatic carbocycles. The van der Waals surface area contributed by atoms with Gasteiger partial charge in [-0.15, -0.1) is 11.3 Å². The van der Waals surface area contributed by atoms with E-state index in [0.29, 0.717) is 11.3 Å². The Hall–Kier alpha value is -5.88. The molecular formula is C38H20N4S. The molecule has 43 heavy (non-hydrogen) atoms. The fraction of sp³-hybridized carbons (Fsp3) is 0. The van der Waals surface area contributed by atoms with E-state index in [9.17, 15) is 5.26 Å². The van der Waals surface area contributed by atoms with E-state index in [0.717, 1.165) is 49.6 Å². The number of benzene rings is 6. The zero-order chi connectivity index (χ0) is 28.7. The van der Waals surface area contributed by atoms with Crippen molar-refractivity contribution in [3.63, 3.8) is 0 Å². The lowest BCUT2D eigenvalue weighted by Crippen LogP contribution is -1.98. The van der Waals surface area contributed by atoms with Gasteiger partial charge in [0, 0.05) is 47.7 Å². The summed E-state index contributed by atoms with van der Waals surface area (Å²) in [5, 5.41) is 16.5. The van der Waals surface area contributed by atoms with Gasteiger partial charge >= 0.3 is 0 Å². The fourth-order valence-electron chi connectivity index (χ4n) is 6.75. The quantitative estimate of drug-likeness (QED) is 0.192. The first-order valence-corrected chi connectivity index (χ1v) is 14.9. The average molecular weight is 565 g/mol. The van der Waals surface area contributed by atoms with Gasteiger partial charge in [0.05, 0.1) is 40.3 Å². The van der Waals surface area contributed by atoms with Crippen molar-refractivity contribution in [2.75, 3.05) is 0 Å². The summed E-state index contributed by atoms with van der Waals surface area (Å²) in [6.45, 7) is 7.73. The highest BCUT2D eigenvalue weighted by atomic mass is 32.1. The maximum Gasteiger partial charge on any atom is 0.188 e. The van der Waals surface area contributed by atoms with Crippen LogP contribution in [-0.4, -0.2) is 9.13 Å². The van der Waals surface area contributed by atoms with Gasteiger partial charge in [-0.25, -0.2) is 4.85 Å². The Labute approximate surface area is 250 Å². The third-order valence-electron chi connectivity index (χ3n) is 8.53. The van der Waals surface area contributed by atoms with E-state index >= 15 is 0 Å². The van der Waals surface area contributed by atoms with Gasteiger partial charge in [0.2, 0.25) is 0 Å². The minimum absolute atomic E-state index is 0.638. The van der Waals surface area contributed by atoms with Gasteiger partial charge in [-0.2, -0.15) is 5.26 Å². The fourth-order valence-corrected chi connectivity index (χ4v) is 7.87. The lowest BCUT2D eigenvalue weighted by atomic mass is 10.1. The second-order valence-electron chi connectivity index (χ2n) is 10.8. The van der Waals surface area contributed by atoms with Gasteiger partial charge in [-0.05, 0) is 78.2 Å².